The molecular weight excluding hydrogens is 250 g/mol. The smallest absolute Gasteiger partial charge is 0.105 e. The molecule has 4 nitrogen and oxygen atoms in total. The molecule has 0 saturated carbocycles. The molecule has 3 heterocycles. The second-order valence-electron chi connectivity index (χ2n) is 6.57. The molecular formula is C16H27N3O. The zero-order valence-corrected chi connectivity index (χ0v) is 12.8. The van der Waals surface area contributed by atoms with Crippen molar-refractivity contribution >= 4 is 0 Å². The van der Waals surface area contributed by atoms with Crippen molar-refractivity contribution in [3.8, 4) is 0 Å². The Balaban J connectivity index is 1.73. The van der Waals surface area contributed by atoms with Crippen LogP contribution in [0.5, 0.6) is 0 Å². The molecule has 2 fully saturated rings. The predicted octanol–water partition coefficient (Wildman–Crippen LogP) is 1.98. The molecule has 0 aromatic carbocycles. The number of nitrogens with zero attached hydrogens (tertiary/aromatic N) is 2. The van der Waals surface area contributed by atoms with Gasteiger partial charge in [-0.05, 0) is 52.3 Å². The number of likely N-dealkylation sites (N-methyl/N-ethyl adjacent to an activating group) is 1. The van der Waals surface area contributed by atoms with Crippen molar-refractivity contribution in [1.82, 2.24) is 9.80 Å². The summed E-state index contributed by atoms with van der Waals surface area (Å²) in [4.78, 5) is 5.13. The zero-order chi connectivity index (χ0) is 14.2. The van der Waals surface area contributed by atoms with Crippen LogP contribution in [-0.4, -0.2) is 48.1 Å². The normalized spacial score (nSPS) is 30.9. The van der Waals surface area contributed by atoms with Crippen LogP contribution in [0.25, 0.3) is 0 Å². The Hall–Kier alpha value is -0.840. The Labute approximate surface area is 121 Å². The molecule has 4 heteroatoms. The minimum Gasteiger partial charge on any atom is -0.469 e. The number of furan rings is 1. The van der Waals surface area contributed by atoms with Crippen LogP contribution in [0.3, 0.4) is 0 Å². The lowest BCUT2D eigenvalue weighted by Crippen LogP contribution is -2.59. The Morgan fingerprint density at radius 3 is 3.05 bits per heavy atom. The van der Waals surface area contributed by atoms with E-state index in [0.29, 0.717) is 0 Å². The van der Waals surface area contributed by atoms with Crippen LogP contribution in [0, 0.1) is 6.92 Å². The van der Waals surface area contributed by atoms with Gasteiger partial charge in [-0.3, -0.25) is 4.90 Å². The summed E-state index contributed by atoms with van der Waals surface area (Å²) in [6.07, 6.45) is 6.90. The lowest BCUT2D eigenvalue weighted by molar-refractivity contribution is 0.0218. The minimum absolute atomic E-state index is 0.162. The molecule has 2 saturated heterocycles. The Morgan fingerprint density at radius 1 is 1.50 bits per heavy atom. The van der Waals surface area contributed by atoms with E-state index < -0.39 is 0 Å². The van der Waals surface area contributed by atoms with Gasteiger partial charge in [0.15, 0.2) is 0 Å². The number of rotatable bonds is 4. The monoisotopic (exact) mass is 277 g/mol. The van der Waals surface area contributed by atoms with E-state index in [9.17, 15) is 0 Å². The molecule has 0 radical (unpaired) electrons. The fraction of sp³-hybridized carbons (Fsp3) is 0.750. The van der Waals surface area contributed by atoms with Crippen molar-refractivity contribution in [3.63, 3.8) is 0 Å². The quantitative estimate of drug-likeness (QED) is 0.914. The third-order valence-electron chi connectivity index (χ3n) is 5.54. The van der Waals surface area contributed by atoms with Crippen molar-refractivity contribution in [2.24, 2.45) is 5.73 Å². The molecule has 1 aromatic rings. The van der Waals surface area contributed by atoms with Gasteiger partial charge in [-0.2, -0.15) is 0 Å². The van der Waals surface area contributed by atoms with E-state index in [1.807, 2.05) is 6.92 Å². The molecule has 2 N–H and O–H groups in total. The van der Waals surface area contributed by atoms with Gasteiger partial charge in [0.1, 0.15) is 5.76 Å². The van der Waals surface area contributed by atoms with Crippen LogP contribution in [-0.2, 0) is 6.54 Å². The minimum atomic E-state index is 0.162. The Morgan fingerprint density at radius 2 is 2.35 bits per heavy atom. The van der Waals surface area contributed by atoms with E-state index >= 15 is 0 Å². The Kier molecular flexibility index (Phi) is 3.89. The van der Waals surface area contributed by atoms with Crippen molar-refractivity contribution in [2.45, 2.75) is 50.7 Å². The Bertz CT molecular complexity index is 458. The van der Waals surface area contributed by atoms with Crippen LogP contribution >= 0.6 is 0 Å². The number of hydrogen-bond acceptors (Lipinski definition) is 4. The molecule has 112 valence electrons. The van der Waals surface area contributed by atoms with Crippen LogP contribution in [0.4, 0.5) is 0 Å². The van der Waals surface area contributed by atoms with E-state index in [1.54, 1.807) is 6.26 Å². The molecule has 3 rings (SSSR count). The summed E-state index contributed by atoms with van der Waals surface area (Å²) in [5.41, 5.74) is 7.65. The third kappa shape index (κ3) is 2.41. The van der Waals surface area contributed by atoms with Gasteiger partial charge in [0, 0.05) is 36.8 Å². The highest BCUT2D eigenvalue weighted by molar-refractivity contribution is 5.16. The van der Waals surface area contributed by atoms with Gasteiger partial charge < -0.3 is 15.1 Å². The first-order valence-corrected chi connectivity index (χ1v) is 7.83. The molecule has 0 amide bonds. The molecule has 0 spiro atoms. The number of piperidine rings is 1. The highest BCUT2D eigenvalue weighted by Crippen LogP contribution is 2.36. The van der Waals surface area contributed by atoms with Gasteiger partial charge in [-0.15, -0.1) is 0 Å². The highest BCUT2D eigenvalue weighted by Gasteiger charge is 2.43. The fourth-order valence-electron chi connectivity index (χ4n) is 4.00. The van der Waals surface area contributed by atoms with Gasteiger partial charge in [0.2, 0.25) is 0 Å². The van der Waals surface area contributed by atoms with Crippen LogP contribution in [0.2, 0.25) is 0 Å². The second-order valence-corrected chi connectivity index (χ2v) is 6.57. The number of nitrogens with two attached hydrogens (primary N) is 1. The lowest BCUT2D eigenvalue weighted by atomic mass is 9.81. The first-order chi connectivity index (χ1) is 9.64. The molecule has 2 aliphatic heterocycles. The number of aryl methyl sites for hydroxylation is 1. The highest BCUT2D eigenvalue weighted by atomic mass is 16.3. The number of fused-ring (bicyclic) bond motifs is 1. The van der Waals surface area contributed by atoms with Crippen molar-refractivity contribution < 1.29 is 4.42 Å². The van der Waals surface area contributed by atoms with Crippen molar-refractivity contribution in [1.29, 1.82) is 0 Å². The summed E-state index contributed by atoms with van der Waals surface area (Å²) in [6.45, 7) is 6.22. The van der Waals surface area contributed by atoms with Gasteiger partial charge >= 0.3 is 0 Å². The topological polar surface area (TPSA) is 45.6 Å². The summed E-state index contributed by atoms with van der Waals surface area (Å²) >= 11 is 0. The summed E-state index contributed by atoms with van der Waals surface area (Å²) in [6, 6.07) is 2.83. The van der Waals surface area contributed by atoms with E-state index in [0.717, 1.165) is 24.9 Å². The maximum absolute atomic E-state index is 6.21. The van der Waals surface area contributed by atoms with Crippen molar-refractivity contribution in [2.75, 3.05) is 26.7 Å². The lowest BCUT2D eigenvalue weighted by Gasteiger charge is -2.49. The second kappa shape index (κ2) is 5.51. The van der Waals surface area contributed by atoms with Gasteiger partial charge in [-0.25, -0.2) is 0 Å². The fourth-order valence-corrected chi connectivity index (χ4v) is 4.00. The van der Waals surface area contributed by atoms with Crippen LogP contribution in [0.1, 0.15) is 37.0 Å². The molecule has 0 bridgehead atoms. The summed E-state index contributed by atoms with van der Waals surface area (Å²) in [5, 5.41) is 0. The maximum Gasteiger partial charge on any atom is 0.105 e. The van der Waals surface area contributed by atoms with Crippen molar-refractivity contribution in [3.05, 3.63) is 23.7 Å². The zero-order valence-electron chi connectivity index (χ0n) is 12.8. The molecule has 2 unspecified atom stereocenters. The molecule has 2 atom stereocenters. The summed E-state index contributed by atoms with van der Waals surface area (Å²) < 4.78 is 5.42. The van der Waals surface area contributed by atoms with E-state index in [-0.39, 0.29) is 5.54 Å². The third-order valence-corrected chi connectivity index (χ3v) is 5.54. The largest absolute Gasteiger partial charge is 0.469 e. The number of hydrogen-bond donors (Lipinski definition) is 1. The SMILES string of the molecule is Cc1occc1CN(C)C1(CN)CCN2CCCC2C1. The summed E-state index contributed by atoms with van der Waals surface area (Å²) in [5.74, 6) is 1.03. The standard InChI is InChI=1S/C16H27N3O/c1-13-14(5-9-20-13)11-18(2)16(12-17)6-8-19-7-3-4-15(19)10-16/h5,9,15H,3-4,6-8,10-12,17H2,1-2H3. The average molecular weight is 277 g/mol. The van der Waals surface area contributed by atoms with Gasteiger partial charge in [-0.1, -0.05) is 0 Å². The maximum atomic E-state index is 6.21. The van der Waals surface area contributed by atoms with Crippen LogP contribution in [0.15, 0.2) is 16.7 Å². The average Bonchev–Trinajstić information content (AvgIpc) is 3.07. The van der Waals surface area contributed by atoms with E-state index in [1.165, 1.54) is 44.3 Å². The van der Waals surface area contributed by atoms with Crippen LogP contribution < -0.4 is 5.73 Å². The van der Waals surface area contributed by atoms with Gasteiger partial charge in [0.05, 0.1) is 6.26 Å². The summed E-state index contributed by atoms with van der Waals surface area (Å²) in [7, 11) is 2.23. The van der Waals surface area contributed by atoms with E-state index in [2.05, 4.69) is 22.9 Å². The van der Waals surface area contributed by atoms with E-state index in [4.69, 9.17) is 10.2 Å². The first-order valence-electron chi connectivity index (χ1n) is 7.83. The molecule has 20 heavy (non-hydrogen) atoms. The molecule has 2 aliphatic rings. The predicted molar refractivity (Wildman–Crippen MR) is 80.5 cm³/mol. The molecule has 0 aliphatic carbocycles. The van der Waals surface area contributed by atoms with Gasteiger partial charge in [0.25, 0.3) is 0 Å². The molecule has 1 aromatic heterocycles. The first kappa shape index (κ1) is 14.1.